The summed E-state index contributed by atoms with van der Waals surface area (Å²) in [7, 11) is 0. The predicted octanol–water partition coefficient (Wildman–Crippen LogP) is 0.773. The van der Waals surface area contributed by atoms with Crippen molar-refractivity contribution in [1.82, 2.24) is 10.6 Å². The molecule has 0 heterocycles. The van der Waals surface area contributed by atoms with Crippen LogP contribution in [0.15, 0.2) is 0 Å². The van der Waals surface area contributed by atoms with Gasteiger partial charge in [-0.05, 0) is 27.2 Å². The van der Waals surface area contributed by atoms with Gasteiger partial charge in [0.2, 0.25) is 11.8 Å². The Hall–Kier alpha value is -1.51. The van der Waals surface area contributed by atoms with Crippen molar-refractivity contribution < 1.29 is 23.9 Å². The van der Waals surface area contributed by atoms with Crippen molar-refractivity contribution in [3.8, 4) is 0 Å². The van der Waals surface area contributed by atoms with Crippen LogP contribution in [0.5, 0.6) is 0 Å². The standard InChI is InChI=1S/C19H37N3O5/c1-14(2)18(25)15(3)21-16(23)6-8-19(4,5)22-17(24)7-10-26-12-13-27-11-9-20/h14-15H,6-13,20H2,1-5H3,(H,21,23)(H,22,24). The molecule has 0 aliphatic carbocycles. The van der Waals surface area contributed by atoms with E-state index in [1.165, 1.54) is 0 Å². The Morgan fingerprint density at radius 2 is 1.52 bits per heavy atom. The lowest BCUT2D eigenvalue weighted by Crippen LogP contribution is -2.45. The molecule has 8 heteroatoms. The minimum absolute atomic E-state index is 0.00402. The fraction of sp³-hybridized carbons (Fsp3) is 0.842. The topological polar surface area (TPSA) is 120 Å². The lowest BCUT2D eigenvalue weighted by atomic mass is 9.97. The molecule has 0 aliphatic heterocycles. The summed E-state index contributed by atoms with van der Waals surface area (Å²) in [4.78, 5) is 35.8. The van der Waals surface area contributed by atoms with Crippen LogP contribution in [0.3, 0.4) is 0 Å². The average molecular weight is 388 g/mol. The number of hydrogen-bond donors (Lipinski definition) is 3. The fourth-order valence-corrected chi connectivity index (χ4v) is 2.38. The quantitative estimate of drug-likeness (QED) is 0.357. The van der Waals surface area contributed by atoms with Crippen molar-refractivity contribution in [3.63, 3.8) is 0 Å². The Morgan fingerprint density at radius 1 is 0.926 bits per heavy atom. The monoisotopic (exact) mass is 387 g/mol. The Bertz CT molecular complexity index is 466. The van der Waals surface area contributed by atoms with E-state index >= 15 is 0 Å². The highest BCUT2D eigenvalue weighted by atomic mass is 16.5. The van der Waals surface area contributed by atoms with E-state index in [9.17, 15) is 14.4 Å². The molecule has 4 N–H and O–H groups in total. The van der Waals surface area contributed by atoms with Crippen molar-refractivity contribution in [3.05, 3.63) is 0 Å². The molecule has 1 atom stereocenters. The van der Waals surface area contributed by atoms with Crippen LogP contribution < -0.4 is 16.4 Å². The number of hydrogen-bond acceptors (Lipinski definition) is 6. The third-order valence-corrected chi connectivity index (χ3v) is 3.94. The number of nitrogens with two attached hydrogens (primary N) is 1. The van der Waals surface area contributed by atoms with Gasteiger partial charge in [0.15, 0.2) is 5.78 Å². The number of Topliss-reactive ketones (excluding diaryl/α,β-unsaturated/α-hetero) is 1. The van der Waals surface area contributed by atoms with Crippen LogP contribution in [0.4, 0.5) is 0 Å². The minimum Gasteiger partial charge on any atom is -0.379 e. The van der Waals surface area contributed by atoms with Gasteiger partial charge >= 0.3 is 0 Å². The van der Waals surface area contributed by atoms with Gasteiger partial charge in [-0.1, -0.05) is 13.8 Å². The van der Waals surface area contributed by atoms with Gasteiger partial charge in [-0.15, -0.1) is 0 Å². The van der Waals surface area contributed by atoms with E-state index < -0.39 is 11.6 Å². The zero-order chi connectivity index (χ0) is 20.9. The summed E-state index contributed by atoms with van der Waals surface area (Å²) in [6, 6.07) is -0.499. The maximum absolute atomic E-state index is 12.0. The first-order chi connectivity index (χ1) is 12.6. The minimum atomic E-state index is -0.524. The molecule has 158 valence electrons. The second-order valence-electron chi connectivity index (χ2n) is 7.54. The van der Waals surface area contributed by atoms with Crippen LogP contribution in [0.2, 0.25) is 0 Å². The lowest BCUT2D eigenvalue weighted by molar-refractivity contribution is -0.129. The molecular weight excluding hydrogens is 350 g/mol. The van der Waals surface area contributed by atoms with Gasteiger partial charge in [0.05, 0.1) is 32.5 Å². The van der Waals surface area contributed by atoms with E-state index in [1.54, 1.807) is 20.8 Å². The van der Waals surface area contributed by atoms with Crippen molar-refractivity contribution in [1.29, 1.82) is 0 Å². The Labute approximate surface area is 162 Å². The molecule has 0 aliphatic rings. The maximum Gasteiger partial charge on any atom is 0.222 e. The van der Waals surface area contributed by atoms with Crippen LogP contribution in [0.1, 0.15) is 53.9 Å². The van der Waals surface area contributed by atoms with E-state index in [4.69, 9.17) is 15.2 Å². The van der Waals surface area contributed by atoms with Gasteiger partial charge in [-0.3, -0.25) is 14.4 Å². The number of nitrogens with one attached hydrogen (secondary N) is 2. The maximum atomic E-state index is 12.0. The highest BCUT2D eigenvalue weighted by Gasteiger charge is 2.23. The summed E-state index contributed by atoms with van der Waals surface area (Å²) in [5.74, 6) is -0.443. The van der Waals surface area contributed by atoms with Crippen molar-refractivity contribution in [2.45, 2.75) is 65.5 Å². The summed E-state index contributed by atoms with van der Waals surface area (Å²) in [5.41, 5.74) is 4.78. The second kappa shape index (κ2) is 13.6. The summed E-state index contributed by atoms with van der Waals surface area (Å²) >= 11 is 0. The van der Waals surface area contributed by atoms with Crippen LogP contribution in [-0.4, -0.2) is 62.2 Å². The van der Waals surface area contributed by atoms with Gasteiger partial charge in [0.1, 0.15) is 0 Å². The normalized spacial score (nSPS) is 12.7. The molecule has 0 saturated heterocycles. The van der Waals surface area contributed by atoms with Gasteiger partial charge < -0.3 is 25.8 Å². The molecule has 0 aromatic heterocycles. The molecule has 8 nitrogen and oxygen atoms in total. The summed E-state index contributed by atoms with van der Waals surface area (Å²) in [6.07, 6.45) is 0.950. The molecule has 2 amide bonds. The van der Waals surface area contributed by atoms with E-state index in [0.717, 1.165) is 0 Å². The number of carbonyl (C=O) groups excluding carboxylic acids is 3. The third kappa shape index (κ3) is 13.3. The molecule has 0 saturated carbocycles. The summed E-state index contributed by atoms with van der Waals surface area (Å²) in [5, 5.41) is 5.61. The number of rotatable bonds is 15. The highest BCUT2D eigenvalue weighted by Crippen LogP contribution is 2.12. The van der Waals surface area contributed by atoms with E-state index in [-0.39, 0.29) is 36.4 Å². The molecule has 1 unspecified atom stereocenters. The number of ether oxygens (including phenoxy) is 2. The molecule has 0 aromatic rings. The van der Waals surface area contributed by atoms with E-state index in [2.05, 4.69) is 10.6 Å². The largest absolute Gasteiger partial charge is 0.379 e. The predicted molar refractivity (Wildman–Crippen MR) is 104 cm³/mol. The van der Waals surface area contributed by atoms with Crippen molar-refractivity contribution in [2.75, 3.05) is 33.0 Å². The molecule has 0 rings (SSSR count). The van der Waals surface area contributed by atoms with Gasteiger partial charge in [-0.25, -0.2) is 0 Å². The molecular formula is C19H37N3O5. The first kappa shape index (κ1) is 25.5. The molecule has 0 bridgehead atoms. The zero-order valence-corrected chi connectivity index (χ0v) is 17.4. The van der Waals surface area contributed by atoms with E-state index in [0.29, 0.717) is 39.4 Å². The van der Waals surface area contributed by atoms with Gasteiger partial charge in [-0.2, -0.15) is 0 Å². The van der Waals surface area contributed by atoms with Crippen molar-refractivity contribution in [2.24, 2.45) is 11.7 Å². The number of ketones is 1. The fourth-order valence-electron chi connectivity index (χ4n) is 2.38. The van der Waals surface area contributed by atoms with Crippen LogP contribution in [0.25, 0.3) is 0 Å². The van der Waals surface area contributed by atoms with E-state index in [1.807, 2.05) is 13.8 Å². The molecule has 0 aromatic carbocycles. The number of carbonyl (C=O) groups is 3. The van der Waals surface area contributed by atoms with Gasteiger partial charge in [0.25, 0.3) is 0 Å². The first-order valence-electron chi connectivity index (χ1n) is 9.58. The summed E-state index contributed by atoms with van der Waals surface area (Å²) < 4.78 is 10.5. The smallest absolute Gasteiger partial charge is 0.222 e. The van der Waals surface area contributed by atoms with Gasteiger partial charge in [0, 0.05) is 30.8 Å². The SMILES string of the molecule is CC(C)C(=O)C(C)NC(=O)CCC(C)(C)NC(=O)CCOCCOCCN. The third-order valence-electron chi connectivity index (χ3n) is 3.94. The molecule has 0 fully saturated rings. The lowest BCUT2D eigenvalue weighted by Gasteiger charge is -2.26. The Kier molecular flexibility index (Phi) is 12.9. The molecule has 0 spiro atoms. The zero-order valence-electron chi connectivity index (χ0n) is 17.4. The first-order valence-corrected chi connectivity index (χ1v) is 9.58. The second-order valence-corrected chi connectivity index (χ2v) is 7.54. The van der Waals surface area contributed by atoms with Crippen LogP contribution in [0, 0.1) is 5.92 Å². The Morgan fingerprint density at radius 3 is 2.07 bits per heavy atom. The van der Waals surface area contributed by atoms with Crippen molar-refractivity contribution >= 4 is 17.6 Å². The Balaban J connectivity index is 4.02. The highest BCUT2D eigenvalue weighted by molar-refractivity contribution is 5.89. The van der Waals surface area contributed by atoms with Crippen LogP contribution in [-0.2, 0) is 23.9 Å². The summed E-state index contributed by atoms with van der Waals surface area (Å²) in [6.45, 7) is 11.2. The molecule has 27 heavy (non-hydrogen) atoms. The number of amides is 2. The van der Waals surface area contributed by atoms with Crippen LogP contribution >= 0.6 is 0 Å². The molecule has 0 radical (unpaired) electrons. The average Bonchev–Trinajstić information content (AvgIpc) is 2.58.